The summed E-state index contributed by atoms with van der Waals surface area (Å²) in [6.07, 6.45) is 3.28. The van der Waals surface area contributed by atoms with Crippen LogP contribution >= 0.6 is 0 Å². The van der Waals surface area contributed by atoms with E-state index in [0.717, 1.165) is 62.8 Å². The van der Waals surface area contributed by atoms with Crippen LogP contribution < -0.4 is 5.32 Å². The number of pyridine rings is 1. The summed E-state index contributed by atoms with van der Waals surface area (Å²) in [5.74, 6) is 1.95. The molecule has 0 bridgehead atoms. The SMILES string of the molecule is CCCn1nnnc1CN1CCC(Nc2cccc(C)n2)CC1. The minimum absolute atomic E-state index is 0.493. The van der Waals surface area contributed by atoms with Crippen molar-refractivity contribution in [2.45, 2.75) is 52.2 Å². The molecule has 2 aromatic heterocycles. The fourth-order valence-corrected chi connectivity index (χ4v) is 2.99. The molecule has 124 valence electrons. The molecule has 1 saturated heterocycles. The molecule has 1 aliphatic rings. The van der Waals surface area contributed by atoms with Gasteiger partial charge in [-0.15, -0.1) is 5.10 Å². The topological polar surface area (TPSA) is 71.8 Å². The molecule has 1 aliphatic heterocycles. The van der Waals surface area contributed by atoms with Gasteiger partial charge in [0.15, 0.2) is 5.82 Å². The van der Waals surface area contributed by atoms with Gasteiger partial charge in [0.2, 0.25) is 0 Å². The first-order valence-electron chi connectivity index (χ1n) is 8.42. The molecule has 0 radical (unpaired) electrons. The normalized spacial score (nSPS) is 16.6. The molecule has 7 nitrogen and oxygen atoms in total. The number of nitrogens with zero attached hydrogens (tertiary/aromatic N) is 6. The third-order valence-electron chi connectivity index (χ3n) is 4.23. The molecule has 23 heavy (non-hydrogen) atoms. The van der Waals surface area contributed by atoms with E-state index in [-0.39, 0.29) is 0 Å². The Morgan fingerprint density at radius 1 is 1.26 bits per heavy atom. The van der Waals surface area contributed by atoms with Gasteiger partial charge in [-0.1, -0.05) is 13.0 Å². The molecule has 0 spiro atoms. The number of anilines is 1. The maximum atomic E-state index is 4.52. The number of nitrogens with one attached hydrogen (secondary N) is 1. The molecule has 2 aromatic rings. The second-order valence-electron chi connectivity index (χ2n) is 6.18. The highest BCUT2D eigenvalue weighted by atomic mass is 15.5. The van der Waals surface area contributed by atoms with Gasteiger partial charge in [0.1, 0.15) is 5.82 Å². The minimum Gasteiger partial charge on any atom is -0.367 e. The zero-order valence-electron chi connectivity index (χ0n) is 13.9. The van der Waals surface area contributed by atoms with E-state index in [1.54, 1.807) is 0 Å². The number of tetrazole rings is 1. The minimum atomic E-state index is 0.493. The summed E-state index contributed by atoms with van der Waals surface area (Å²) in [6.45, 7) is 8.00. The van der Waals surface area contributed by atoms with Crippen LogP contribution in [0.15, 0.2) is 18.2 Å². The molecule has 0 saturated carbocycles. The summed E-state index contributed by atoms with van der Waals surface area (Å²) < 4.78 is 1.92. The fourth-order valence-electron chi connectivity index (χ4n) is 2.99. The van der Waals surface area contributed by atoms with Crippen LogP contribution in [0.3, 0.4) is 0 Å². The van der Waals surface area contributed by atoms with Crippen molar-refractivity contribution in [1.29, 1.82) is 0 Å². The Kier molecular flexibility index (Phi) is 5.17. The van der Waals surface area contributed by atoms with Crippen LogP contribution in [0, 0.1) is 6.92 Å². The lowest BCUT2D eigenvalue weighted by molar-refractivity contribution is 0.203. The molecule has 7 heteroatoms. The van der Waals surface area contributed by atoms with E-state index in [1.165, 1.54) is 0 Å². The van der Waals surface area contributed by atoms with Gasteiger partial charge in [0.05, 0.1) is 6.54 Å². The van der Waals surface area contributed by atoms with Crippen LogP contribution in [0.1, 0.15) is 37.7 Å². The summed E-state index contributed by atoms with van der Waals surface area (Å²) in [5, 5.41) is 15.6. The molecule has 1 fully saturated rings. The number of aromatic nitrogens is 5. The van der Waals surface area contributed by atoms with E-state index in [4.69, 9.17) is 0 Å². The van der Waals surface area contributed by atoms with Crippen molar-refractivity contribution in [3.8, 4) is 0 Å². The Balaban J connectivity index is 1.49. The number of piperidine rings is 1. The van der Waals surface area contributed by atoms with Gasteiger partial charge in [-0.2, -0.15) is 0 Å². The summed E-state index contributed by atoms with van der Waals surface area (Å²) in [4.78, 5) is 6.95. The summed E-state index contributed by atoms with van der Waals surface area (Å²) >= 11 is 0. The summed E-state index contributed by atoms with van der Waals surface area (Å²) in [7, 11) is 0. The quantitative estimate of drug-likeness (QED) is 0.877. The van der Waals surface area contributed by atoms with Crippen LogP contribution in [0.5, 0.6) is 0 Å². The molecule has 0 aliphatic carbocycles. The lowest BCUT2D eigenvalue weighted by Gasteiger charge is -2.32. The first-order chi connectivity index (χ1) is 11.2. The predicted molar refractivity (Wildman–Crippen MR) is 89.0 cm³/mol. The van der Waals surface area contributed by atoms with Crippen molar-refractivity contribution in [2.75, 3.05) is 18.4 Å². The third kappa shape index (κ3) is 4.25. The summed E-state index contributed by atoms with van der Waals surface area (Å²) in [5.41, 5.74) is 1.05. The van der Waals surface area contributed by atoms with Crippen LogP contribution in [0.2, 0.25) is 0 Å². The second-order valence-corrected chi connectivity index (χ2v) is 6.18. The molecule has 3 heterocycles. The van der Waals surface area contributed by atoms with Crippen molar-refractivity contribution in [3.63, 3.8) is 0 Å². The number of rotatable bonds is 6. The molecular weight excluding hydrogens is 290 g/mol. The van der Waals surface area contributed by atoms with Crippen molar-refractivity contribution >= 4 is 5.82 Å². The Labute approximate surface area is 137 Å². The number of likely N-dealkylation sites (tertiary alicyclic amines) is 1. The Bertz CT molecular complexity index is 616. The highest BCUT2D eigenvalue weighted by Gasteiger charge is 2.21. The standard InChI is InChI=1S/C16H25N7/c1-3-9-23-16(19-20-21-23)12-22-10-7-14(8-11-22)18-15-6-4-5-13(2)17-15/h4-6,14H,3,7-12H2,1-2H3,(H,17,18). The van der Waals surface area contributed by atoms with Crippen LogP contribution in [0.25, 0.3) is 0 Å². The van der Waals surface area contributed by atoms with Crippen LogP contribution in [-0.4, -0.2) is 49.2 Å². The van der Waals surface area contributed by atoms with Crippen molar-refractivity contribution < 1.29 is 0 Å². The monoisotopic (exact) mass is 315 g/mol. The Morgan fingerprint density at radius 3 is 2.83 bits per heavy atom. The van der Waals surface area contributed by atoms with Gasteiger partial charge in [-0.25, -0.2) is 9.67 Å². The number of hydrogen-bond donors (Lipinski definition) is 1. The number of hydrogen-bond acceptors (Lipinski definition) is 6. The fraction of sp³-hybridized carbons (Fsp3) is 0.625. The molecule has 0 aromatic carbocycles. The number of aryl methyl sites for hydroxylation is 2. The lowest BCUT2D eigenvalue weighted by atomic mass is 10.1. The third-order valence-corrected chi connectivity index (χ3v) is 4.23. The second kappa shape index (κ2) is 7.50. The first kappa shape index (κ1) is 15.9. The van der Waals surface area contributed by atoms with E-state index < -0.39 is 0 Å². The van der Waals surface area contributed by atoms with Gasteiger partial charge in [-0.05, 0) is 48.7 Å². The largest absolute Gasteiger partial charge is 0.367 e. The van der Waals surface area contributed by atoms with Gasteiger partial charge in [0, 0.05) is 31.4 Å². The van der Waals surface area contributed by atoms with Gasteiger partial charge >= 0.3 is 0 Å². The Morgan fingerprint density at radius 2 is 2.09 bits per heavy atom. The van der Waals surface area contributed by atoms with Crippen LogP contribution in [0.4, 0.5) is 5.82 Å². The smallest absolute Gasteiger partial charge is 0.165 e. The van der Waals surface area contributed by atoms with E-state index in [9.17, 15) is 0 Å². The zero-order chi connectivity index (χ0) is 16.1. The van der Waals surface area contributed by atoms with Gasteiger partial charge < -0.3 is 5.32 Å². The van der Waals surface area contributed by atoms with Gasteiger partial charge in [0.25, 0.3) is 0 Å². The van der Waals surface area contributed by atoms with E-state index >= 15 is 0 Å². The Hall–Kier alpha value is -2.02. The highest BCUT2D eigenvalue weighted by molar-refractivity contribution is 5.36. The molecule has 1 N–H and O–H groups in total. The zero-order valence-corrected chi connectivity index (χ0v) is 13.9. The molecule has 0 amide bonds. The maximum absolute atomic E-state index is 4.52. The van der Waals surface area contributed by atoms with E-state index in [1.807, 2.05) is 29.8 Å². The van der Waals surface area contributed by atoms with Crippen LogP contribution in [-0.2, 0) is 13.1 Å². The summed E-state index contributed by atoms with van der Waals surface area (Å²) in [6, 6.07) is 6.60. The van der Waals surface area contributed by atoms with Crippen molar-refractivity contribution in [3.05, 3.63) is 29.7 Å². The van der Waals surface area contributed by atoms with Gasteiger partial charge in [-0.3, -0.25) is 4.90 Å². The van der Waals surface area contributed by atoms with Crippen molar-refractivity contribution in [1.82, 2.24) is 30.1 Å². The molecular formula is C16H25N7. The highest BCUT2D eigenvalue weighted by Crippen LogP contribution is 2.17. The molecule has 3 rings (SSSR count). The molecule has 0 atom stereocenters. The predicted octanol–water partition coefficient (Wildman–Crippen LogP) is 1.86. The maximum Gasteiger partial charge on any atom is 0.165 e. The van der Waals surface area contributed by atoms with E-state index in [2.05, 4.69) is 37.6 Å². The lowest BCUT2D eigenvalue weighted by Crippen LogP contribution is -2.39. The average Bonchev–Trinajstić information content (AvgIpc) is 2.97. The first-order valence-corrected chi connectivity index (χ1v) is 8.42. The molecule has 0 unspecified atom stereocenters. The van der Waals surface area contributed by atoms with Crippen molar-refractivity contribution in [2.24, 2.45) is 0 Å². The van der Waals surface area contributed by atoms with E-state index in [0.29, 0.717) is 6.04 Å². The average molecular weight is 315 g/mol.